The van der Waals surface area contributed by atoms with Crippen molar-refractivity contribution in [3.8, 4) is 11.5 Å². The molecule has 1 aromatic rings. The number of halogens is 3. The molecule has 3 aliphatic rings. The van der Waals surface area contributed by atoms with Crippen molar-refractivity contribution in [3.05, 3.63) is 23.8 Å². The Morgan fingerprint density at radius 2 is 1.59 bits per heavy atom. The number of likely N-dealkylation sites (tertiary alicyclic amines) is 2. The number of aliphatic hydroxyl groups excluding tert-OH is 1. The zero-order valence-corrected chi connectivity index (χ0v) is 21.1. The lowest BCUT2D eigenvalue weighted by Crippen LogP contribution is -2.44. The van der Waals surface area contributed by atoms with Crippen LogP contribution >= 0.6 is 0 Å². The molecule has 4 rings (SSSR count). The third kappa shape index (κ3) is 7.96. The van der Waals surface area contributed by atoms with Gasteiger partial charge in [-0.2, -0.15) is 13.2 Å². The summed E-state index contributed by atoms with van der Waals surface area (Å²) in [6.45, 7) is 5.18. The van der Waals surface area contributed by atoms with E-state index in [1.807, 2.05) is 4.90 Å². The Morgan fingerprint density at radius 1 is 1.05 bits per heavy atom. The summed E-state index contributed by atoms with van der Waals surface area (Å²) in [5.41, 5.74) is 0.804. The van der Waals surface area contributed by atoms with Crippen LogP contribution in [0.5, 0.6) is 11.5 Å². The average Bonchev–Trinajstić information content (AvgIpc) is 3.26. The number of amides is 1. The lowest BCUT2D eigenvalue weighted by Gasteiger charge is -2.38. The van der Waals surface area contributed by atoms with E-state index in [9.17, 15) is 23.1 Å². The maximum Gasteiger partial charge on any atom is 0.490 e. The second-order valence-electron chi connectivity index (χ2n) is 9.87. The van der Waals surface area contributed by atoms with Gasteiger partial charge in [0.1, 0.15) is 11.5 Å². The summed E-state index contributed by atoms with van der Waals surface area (Å²) in [6.07, 6.45) is -0.187. The zero-order valence-electron chi connectivity index (χ0n) is 21.1. The third-order valence-corrected chi connectivity index (χ3v) is 7.26. The van der Waals surface area contributed by atoms with E-state index in [1.54, 1.807) is 32.4 Å². The summed E-state index contributed by atoms with van der Waals surface area (Å²) in [6, 6.07) is 5.33. The monoisotopic (exact) mass is 532 g/mol. The van der Waals surface area contributed by atoms with Crippen LogP contribution in [-0.4, -0.2) is 104 Å². The first-order valence-corrected chi connectivity index (χ1v) is 12.3. The number of aliphatic hydroxyl groups is 1. The first kappa shape index (κ1) is 29.0. The van der Waals surface area contributed by atoms with Crippen LogP contribution in [0.2, 0.25) is 0 Å². The fourth-order valence-corrected chi connectivity index (χ4v) is 5.05. The topological polar surface area (TPSA) is 109 Å². The van der Waals surface area contributed by atoms with Gasteiger partial charge in [-0.15, -0.1) is 0 Å². The van der Waals surface area contributed by atoms with Crippen molar-refractivity contribution >= 4 is 11.9 Å². The molecule has 3 fully saturated rings. The average molecular weight is 533 g/mol. The van der Waals surface area contributed by atoms with Crippen molar-refractivity contribution in [2.75, 3.05) is 53.6 Å². The number of carbonyl (C=O) groups is 2. The van der Waals surface area contributed by atoms with Crippen molar-refractivity contribution in [2.24, 2.45) is 5.41 Å². The zero-order chi connectivity index (χ0) is 27.2. The predicted octanol–water partition coefficient (Wildman–Crippen LogP) is 2.81. The first-order chi connectivity index (χ1) is 17.4. The van der Waals surface area contributed by atoms with Crippen molar-refractivity contribution in [1.29, 1.82) is 0 Å². The Morgan fingerprint density at radius 3 is 2.08 bits per heavy atom. The molecule has 3 aliphatic heterocycles. The number of nitrogens with zero attached hydrogens (tertiary/aromatic N) is 2. The number of rotatable bonds is 5. The van der Waals surface area contributed by atoms with Crippen LogP contribution in [0.25, 0.3) is 0 Å². The standard InChI is InChI=1S/C23H34N2O5.C2HF3O2/c1-28-19-11-17(12-20(13-19)29-2)22(27)25-9-5-23(6-10-25)14-21(30-16-23)15-24-7-3-18(26)4-8-24;3-2(4,5)1(6)7/h11-13,18,21,26H,3-10,14-16H2,1-2H3;(H,6,7). The molecule has 1 atom stereocenters. The summed E-state index contributed by atoms with van der Waals surface area (Å²) in [4.78, 5) is 26.3. The van der Waals surface area contributed by atoms with Crippen LogP contribution in [0.3, 0.4) is 0 Å². The van der Waals surface area contributed by atoms with Crippen LogP contribution in [-0.2, 0) is 9.53 Å². The van der Waals surface area contributed by atoms with Crippen LogP contribution in [0.1, 0.15) is 42.5 Å². The number of aliphatic carboxylic acids is 1. The molecule has 37 heavy (non-hydrogen) atoms. The van der Waals surface area contributed by atoms with Gasteiger partial charge in [0, 0.05) is 44.4 Å². The molecule has 1 unspecified atom stereocenters. The van der Waals surface area contributed by atoms with Gasteiger partial charge in [0.05, 0.1) is 33.0 Å². The number of hydrogen-bond acceptors (Lipinski definition) is 7. The van der Waals surface area contributed by atoms with E-state index in [-0.39, 0.29) is 23.5 Å². The number of carboxylic acid groups (broad SMARTS) is 1. The van der Waals surface area contributed by atoms with Gasteiger partial charge in [-0.05, 0) is 49.7 Å². The summed E-state index contributed by atoms with van der Waals surface area (Å²) < 4.78 is 48.5. The second-order valence-corrected chi connectivity index (χ2v) is 9.87. The van der Waals surface area contributed by atoms with Crippen LogP contribution in [0.4, 0.5) is 13.2 Å². The van der Waals surface area contributed by atoms with E-state index in [4.69, 9.17) is 24.1 Å². The van der Waals surface area contributed by atoms with Crippen LogP contribution < -0.4 is 9.47 Å². The van der Waals surface area contributed by atoms with Gasteiger partial charge in [-0.3, -0.25) is 4.79 Å². The molecular weight excluding hydrogens is 497 g/mol. The van der Waals surface area contributed by atoms with Gasteiger partial charge in [-0.25, -0.2) is 4.79 Å². The minimum absolute atomic E-state index is 0.0318. The maximum atomic E-state index is 13.0. The molecule has 0 aliphatic carbocycles. The number of carboxylic acids is 1. The van der Waals surface area contributed by atoms with E-state index < -0.39 is 12.1 Å². The SMILES string of the molecule is COc1cc(OC)cc(C(=O)N2CCC3(CC2)COC(CN2CCC(O)CC2)C3)c1.O=C(O)C(F)(F)F. The molecule has 12 heteroatoms. The van der Waals surface area contributed by atoms with Crippen molar-refractivity contribution in [2.45, 2.75) is 50.5 Å². The molecule has 0 aromatic heterocycles. The second kappa shape index (κ2) is 12.3. The normalized spacial score (nSPS) is 22.3. The molecule has 2 N–H and O–H groups in total. The van der Waals surface area contributed by atoms with E-state index >= 15 is 0 Å². The number of piperidine rings is 2. The molecule has 0 radical (unpaired) electrons. The maximum absolute atomic E-state index is 13.0. The fraction of sp³-hybridized carbons (Fsp3) is 0.680. The van der Waals surface area contributed by atoms with Crippen LogP contribution in [0, 0.1) is 5.41 Å². The molecular formula is C25H35F3N2O7. The number of benzene rings is 1. The van der Waals surface area contributed by atoms with E-state index in [0.717, 1.165) is 71.4 Å². The molecule has 0 saturated carbocycles. The molecule has 0 bridgehead atoms. The van der Waals surface area contributed by atoms with Gasteiger partial charge in [0.25, 0.3) is 5.91 Å². The molecule has 1 spiro atoms. The molecule has 9 nitrogen and oxygen atoms in total. The minimum Gasteiger partial charge on any atom is -0.497 e. The predicted molar refractivity (Wildman–Crippen MR) is 127 cm³/mol. The van der Waals surface area contributed by atoms with Gasteiger partial charge in [-0.1, -0.05) is 0 Å². The van der Waals surface area contributed by atoms with Crippen molar-refractivity contribution in [3.63, 3.8) is 0 Å². The van der Waals surface area contributed by atoms with Gasteiger partial charge < -0.3 is 34.2 Å². The third-order valence-electron chi connectivity index (χ3n) is 7.26. The number of hydrogen-bond donors (Lipinski definition) is 2. The summed E-state index contributed by atoms with van der Waals surface area (Å²) in [7, 11) is 3.19. The Bertz CT molecular complexity index is 905. The Labute approximate surface area is 214 Å². The van der Waals surface area contributed by atoms with Gasteiger partial charge in [0.15, 0.2) is 0 Å². The number of alkyl halides is 3. The van der Waals surface area contributed by atoms with Gasteiger partial charge >= 0.3 is 12.1 Å². The Hall–Kier alpha value is -2.57. The molecule has 1 aromatic carbocycles. The van der Waals surface area contributed by atoms with Crippen molar-refractivity contribution in [1.82, 2.24) is 9.80 Å². The summed E-state index contributed by atoms with van der Waals surface area (Å²) in [5.74, 6) is -1.47. The quantitative estimate of drug-likeness (QED) is 0.596. The van der Waals surface area contributed by atoms with Crippen LogP contribution in [0.15, 0.2) is 18.2 Å². The molecule has 3 heterocycles. The lowest BCUT2D eigenvalue weighted by atomic mass is 9.76. The molecule has 3 saturated heterocycles. The highest BCUT2D eigenvalue weighted by atomic mass is 19.4. The Kier molecular flexibility index (Phi) is 9.65. The number of carbonyl (C=O) groups excluding carboxylic acids is 1. The van der Waals surface area contributed by atoms with Crippen molar-refractivity contribution < 1.29 is 47.2 Å². The summed E-state index contributed by atoms with van der Waals surface area (Å²) in [5, 5.41) is 16.8. The van der Waals surface area contributed by atoms with E-state index in [2.05, 4.69) is 4.90 Å². The lowest BCUT2D eigenvalue weighted by molar-refractivity contribution is -0.192. The molecule has 1 amide bonds. The highest BCUT2D eigenvalue weighted by molar-refractivity contribution is 5.95. The number of ether oxygens (including phenoxy) is 3. The highest BCUT2D eigenvalue weighted by Crippen LogP contribution is 2.42. The largest absolute Gasteiger partial charge is 0.497 e. The first-order valence-electron chi connectivity index (χ1n) is 12.3. The smallest absolute Gasteiger partial charge is 0.490 e. The van der Waals surface area contributed by atoms with Gasteiger partial charge in [0.2, 0.25) is 0 Å². The minimum atomic E-state index is -5.08. The molecule has 208 valence electrons. The fourth-order valence-electron chi connectivity index (χ4n) is 5.05. The van der Waals surface area contributed by atoms with E-state index in [1.165, 1.54) is 0 Å². The summed E-state index contributed by atoms with van der Waals surface area (Å²) >= 11 is 0. The highest BCUT2D eigenvalue weighted by Gasteiger charge is 2.43. The number of methoxy groups -OCH3 is 2. The van der Waals surface area contributed by atoms with E-state index in [0.29, 0.717) is 17.1 Å². The Balaban J connectivity index is 0.000000479.